The number of nitrogens with two attached hydrogens (primary N) is 1. The number of ether oxygens (including phenoxy) is 1. The van der Waals surface area contributed by atoms with Crippen molar-refractivity contribution in [2.75, 3.05) is 12.3 Å². The molecule has 3 N–H and O–H groups in total. The van der Waals surface area contributed by atoms with E-state index in [4.69, 9.17) is 10.5 Å². The summed E-state index contributed by atoms with van der Waals surface area (Å²) in [5.74, 6) is 0.770. The first-order chi connectivity index (χ1) is 9.19. The van der Waals surface area contributed by atoms with Crippen molar-refractivity contribution in [3.05, 3.63) is 59.7 Å². The molecule has 0 saturated heterocycles. The number of hydrogen-bond donors (Lipinski definition) is 2. The molecule has 0 saturated carbocycles. The van der Waals surface area contributed by atoms with E-state index in [1.165, 1.54) is 5.56 Å². The Morgan fingerprint density at radius 2 is 1.68 bits per heavy atom. The average molecular weight is 257 g/mol. The van der Waals surface area contributed by atoms with Crippen molar-refractivity contribution in [3.63, 3.8) is 0 Å². The average Bonchev–Trinajstić information content (AvgIpc) is 2.46. The molecule has 0 aliphatic carbocycles. The third kappa shape index (κ3) is 3.73. The Hall–Kier alpha value is -2.00. The molecule has 2 aromatic rings. The van der Waals surface area contributed by atoms with Gasteiger partial charge in [0.25, 0.3) is 0 Å². The molecule has 3 heteroatoms. The van der Waals surface area contributed by atoms with Crippen LogP contribution >= 0.6 is 0 Å². The van der Waals surface area contributed by atoms with Gasteiger partial charge in [-0.1, -0.05) is 31.2 Å². The zero-order valence-electron chi connectivity index (χ0n) is 11.0. The summed E-state index contributed by atoms with van der Waals surface area (Å²) in [6.07, 6.45) is 0.361. The minimum Gasteiger partial charge on any atom is -0.491 e. The first kappa shape index (κ1) is 13.4. The topological polar surface area (TPSA) is 55.5 Å². The Balaban J connectivity index is 1.92. The maximum absolute atomic E-state index is 10.0. The second-order valence-corrected chi connectivity index (χ2v) is 4.49. The first-order valence-corrected chi connectivity index (χ1v) is 6.44. The number of benzene rings is 2. The third-order valence-electron chi connectivity index (χ3n) is 3.06. The molecule has 3 nitrogen and oxygen atoms in total. The predicted octanol–water partition coefficient (Wildman–Crippen LogP) is 2.94. The summed E-state index contributed by atoms with van der Waals surface area (Å²) in [6.45, 7) is 2.34. The highest BCUT2D eigenvalue weighted by Gasteiger charge is 2.08. The van der Waals surface area contributed by atoms with Gasteiger partial charge >= 0.3 is 0 Å². The molecule has 0 radical (unpaired) electrons. The summed E-state index contributed by atoms with van der Waals surface area (Å²) in [4.78, 5) is 0. The van der Waals surface area contributed by atoms with Gasteiger partial charge in [-0.2, -0.15) is 0 Å². The molecule has 2 aromatic carbocycles. The highest BCUT2D eigenvalue weighted by Crippen LogP contribution is 2.18. The monoisotopic (exact) mass is 257 g/mol. The van der Waals surface area contributed by atoms with Gasteiger partial charge in [-0.3, -0.25) is 0 Å². The van der Waals surface area contributed by atoms with Gasteiger partial charge in [0.15, 0.2) is 0 Å². The Morgan fingerprint density at radius 1 is 1.05 bits per heavy atom. The van der Waals surface area contributed by atoms with Crippen LogP contribution < -0.4 is 10.5 Å². The van der Waals surface area contributed by atoms with E-state index in [9.17, 15) is 5.11 Å². The number of aliphatic hydroxyl groups is 1. The maximum Gasteiger partial charge on any atom is 0.119 e. The van der Waals surface area contributed by atoms with E-state index in [0.29, 0.717) is 5.69 Å². The Labute approximate surface area is 113 Å². The van der Waals surface area contributed by atoms with Gasteiger partial charge in [0.2, 0.25) is 0 Å². The molecular formula is C16H19NO2. The van der Waals surface area contributed by atoms with Crippen LogP contribution in [0.3, 0.4) is 0 Å². The van der Waals surface area contributed by atoms with Crippen molar-refractivity contribution in [1.82, 2.24) is 0 Å². The lowest BCUT2D eigenvalue weighted by molar-refractivity contribution is 0.108. The van der Waals surface area contributed by atoms with Gasteiger partial charge in [-0.15, -0.1) is 0 Å². The van der Waals surface area contributed by atoms with E-state index in [1.807, 2.05) is 36.4 Å². The lowest BCUT2D eigenvalue weighted by Crippen LogP contribution is -2.09. The second-order valence-electron chi connectivity index (χ2n) is 4.49. The molecule has 1 atom stereocenters. The summed E-state index contributed by atoms with van der Waals surface area (Å²) >= 11 is 0. The summed E-state index contributed by atoms with van der Waals surface area (Å²) < 4.78 is 5.57. The van der Waals surface area contributed by atoms with E-state index < -0.39 is 6.10 Å². The largest absolute Gasteiger partial charge is 0.491 e. The molecule has 0 fully saturated rings. The van der Waals surface area contributed by atoms with Crippen LogP contribution in [0, 0.1) is 0 Å². The zero-order chi connectivity index (χ0) is 13.7. The second kappa shape index (κ2) is 6.25. The van der Waals surface area contributed by atoms with Crippen LogP contribution in [-0.2, 0) is 6.42 Å². The maximum atomic E-state index is 10.0. The van der Waals surface area contributed by atoms with Gasteiger partial charge < -0.3 is 15.6 Å². The zero-order valence-corrected chi connectivity index (χ0v) is 11.0. The molecule has 0 aliphatic heterocycles. The molecule has 0 heterocycles. The van der Waals surface area contributed by atoms with Gasteiger partial charge in [0.1, 0.15) is 18.5 Å². The molecule has 0 aliphatic rings. The normalized spacial score (nSPS) is 12.1. The van der Waals surface area contributed by atoms with Crippen molar-refractivity contribution < 1.29 is 9.84 Å². The Bertz CT molecular complexity index is 505. The van der Waals surface area contributed by atoms with Crippen molar-refractivity contribution >= 4 is 5.69 Å². The van der Waals surface area contributed by atoms with Crippen molar-refractivity contribution in [1.29, 1.82) is 0 Å². The molecule has 0 amide bonds. The van der Waals surface area contributed by atoms with E-state index in [1.54, 1.807) is 12.1 Å². The highest BCUT2D eigenvalue weighted by molar-refractivity contribution is 5.39. The standard InChI is InChI=1S/C16H19NO2/c1-2-12-3-9-15(10-4-12)19-11-16(18)13-5-7-14(17)8-6-13/h3-10,16,18H,2,11,17H2,1H3. The smallest absolute Gasteiger partial charge is 0.119 e. The van der Waals surface area contributed by atoms with Crippen molar-refractivity contribution in [3.8, 4) is 5.75 Å². The Kier molecular flexibility index (Phi) is 4.42. The highest BCUT2D eigenvalue weighted by atomic mass is 16.5. The SMILES string of the molecule is CCc1ccc(OCC(O)c2ccc(N)cc2)cc1. The first-order valence-electron chi connectivity index (χ1n) is 6.44. The molecular weight excluding hydrogens is 238 g/mol. The fraction of sp³-hybridized carbons (Fsp3) is 0.250. The quantitative estimate of drug-likeness (QED) is 0.810. The van der Waals surface area contributed by atoms with Crippen molar-refractivity contribution in [2.45, 2.75) is 19.4 Å². The molecule has 19 heavy (non-hydrogen) atoms. The molecule has 1 unspecified atom stereocenters. The van der Waals surface area contributed by atoms with Crippen LogP contribution in [0.4, 0.5) is 5.69 Å². The van der Waals surface area contributed by atoms with Crippen LogP contribution in [0.15, 0.2) is 48.5 Å². The number of nitrogen functional groups attached to an aromatic ring is 1. The summed E-state index contributed by atoms with van der Waals surface area (Å²) in [7, 11) is 0. The molecule has 0 bridgehead atoms. The van der Waals surface area contributed by atoms with Crippen LogP contribution in [0.1, 0.15) is 24.2 Å². The fourth-order valence-corrected chi connectivity index (χ4v) is 1.81. The van der Waals surface area contributed by atoms with E-state index in [-0.39, 0.29) is 6.61 Å². The molecule has 0 spiro atoms. The number of rotatable bonds is 5. The van der Waals surface area contributed by atoms with Gasteiger partial charge in [0, 0.05) is 5.69 Å². The summed E-state index contributed by atoms with van der Waals surface area (Å²) in [5.41, 5.74) is 8.37. The minimum atomic E-state index is -0.647. The van der Waals surface area contributed by atoms with Crippen LogP contribution in [-0.4, -0.2) is 11.7 Å². The van der Waals surface area contributed by atoms with Crippen LogP contribution in [0.2, 0.25) is 0 Å². The lowest BCUT2D eigenvalue weighted by atomic mass is 10.1. The molecule has 0 aromatic heterocycles. The Morgan fingerprint density at radius 3 is 2.26 bits per heavy atom. The number of hydrogen-bond acceptors (Lipinski definition) is 3. The predicted molar refractivity (Wildman–Crippen MR) is 77.1 cm³/mol. The van der Waals surface area contributed by atoms with E-state index in [0.717, 1.165) is 17.7 Å². The van der Waals surface area contributed by atoms with E-state index >= 15 is 0 Å². The van der Waals surface area contributed by atoms with Gasteiger partial charge in [-0.05, 0) is 41.8 Å². The van der Waals surface area contributed by atoms with Crippen LogP contribution in [0.5, 0.6) is 5.75 Å². The number of aryl methyl sites for hydroxylation is 1. The van der Waals surface area contributed by atoms with Crippen molar-refractivity contribution in [2.24, 2.45) is 0 Å². The molecule has 2 rings (SSSR count). The summed E-state index contributed by atoms with van der Waals surface area (Å²) in [5, 5.41) is 10.0. The van der Waals surface area contributed by atoms with Gasteiger partial charge in [0.05, 0.1) is 0 Å². The summed E-state index contributed by atoms with van der Waals surface area (Å²) in [6, 6.07) is 15.1. The fourth-order valence-electron chi connectivity index (χ4n) is 1.81. The minimum absolute atomic E-state index is 0.232. The third-order valence-corrected chi connectivity index (χ3v) is 3.06. The lowest BCUT2D eigenvalue weighted by Gasteiger charge is -2.13. The van der Waals surface area contributed by atoms with Crippen LogP contribution in [0.25, 0.3) is 0 Å². The van der Waals surface area contributed by atoms with Gasteiger partial charge in [-0.25, -0.2) is 0 Å². The molecule has 100 valence electrons. The number of anilines is 1. The van der Waals surface area contributed by atoms with E-state index in [2.05, 4.69) is 6.92 Å². The number of aliphatic hydroxyl groups excluding tert-OH is 1.